The van der Waals surface area contributed by atoms with Crippen molar-refractivity contribution in [1.29, 1.82) is 0 Å². The minimum Gasteiger partial charge on any atom is -0.493 e. The van der Waals surface area contributed by atoms with E-state index in [1.54, 1.807) is 18.9 Å². The molecule has 1 heterocycles. The van der Waals surface area contributed by atoms with Gasteiger partial charge in [0.05, 0.1) is 30.7 Å². The Morgan fingerprint density at radius 2 is 2.00 bits per heavy atom. The molecule has 0 aliphatic carbocycles. The van der Waals surface area contributed by atoms with E-state index in [9.17, 15) is 4.79 Å². The van der Waals surface area contributed by atoms with E-state index in [0.29, 0.717) is 36.0 Å². The first-order valence-corrected chi connectivity index (χ1v) is 10.8. The molecular formula is C23H26N2O4S. The highest BCUT2D eigenvalue weighted by molar-refractivity contribution is 7.98. The average molecular weight is 427 g/mol. The van der Waals surface area contributed by atoms with Crippen LogP contribution in [0.3, 0.4) is 0 Å². The third-order valence-electron chi connectivity index (χ3n) is 4.32. The Balaban J connectivity index is 1.63. The summed E-state index contributed by atoms with van der Waals surface area (Å²) in [5, 5.41) is 6.89. The first-order chi connectivity index (χ1) is 14.6. The molecule has 1 amide bonds. The number of carbonyl (C=O) groups is 1. The highest BCUT2D eigenvalue weighted by Crippen LogP contribution is 2.29. The van der Waals surface area contributed by atoms with Crippen molar-refractivity contribution >= 4 is 17.7 Å². The van der Waals surface area contributed by atoms with Gasteiger partial charge in [0.25, 0.3) is 5.91 Å². The zero-order valence-electron chi connectivity index (χ0n) is 17.4. The molecule has 0 saturated heterocycles. The number of aryl methyl sites for hydroxylation is 1. The standard InChI is InChI=1S/C23H26N2O4S/c1-4-11-28-20-10-9-17(13-21(20)27-3)14-24-23(26)19-7-5-6-8-22(19)30-15-18-12-16(2)25-29-18/h5-10,12-13H,4,11,14-15H2,1-3H3,(H,24,26). The highest BCUT2D eigenvalue weighted by atomic mass is 32.2. The minimum absolute atomic E-state index is 0.128. The van der Waals surface area contributed by atoms with Gasteiger partial charge in [0, 0.05) is 17.5 Å². The molecule has 1 aromatic heterocycles. The summed E-state index contributed by atoms with van der Waals surface area (Å²) < 4.78 is 16.3. The lowest BCUT2D eigenvalue weighted by Crippen LogP contribution is -2.23. The molecule has 0 saturated carbocycles. The molecule has 2 aromatic carbocycles. The molecule has 0 bridgehead atoms. The molecule has 3 rings (SSSR count). The van der Waals surface area contributed by atoms with Gasteiger partial charge in [-0.05, 0) is 43.2 Å². The number of methoxy groups -OCH3 is 1. The number of hydrogen-bond acceptors (Lipinski definition) is 6. The smallest absolute Gasteiger partial charge is 0.252 e. The fraction of sp³-hybridized carbons (Fsp3) is 0.304. The highest BCUT2D eigenvalue weighted by Gasteiger charge is 2.13. The van der Waals surface area contributed by atoms with Crippen molar-refractivity contribution in [3.8, 4) is 11.5 Å². The van der Waals surface area contributed by atoms with Crippen molar-refractivity contribution in [3.05, 3.63) is 71.1 Å². The maximum atomic E-state index is 12.8. The second kappa shape index (κ2) is 10.7. The van der Waals surface area contributed by atoms with Crippen molar-refractivity contribution in [3.63, 3.8) is 0 Å². The Labute approximate surface area is 180 Å². The predicted molar refractivity (Wildman–Crippen MR) is 117 cm³/mol. The van der Waals surface area contributed by atoms with Crippen molar-refractivity contribution in [1.82, 2.24) is 10.5 Å². The Morgan fingerprint density at radius 3 is 2.73 bits per heavy atom. The molecule has 1 N–H and O–H groups in total. The summed E-state index contributed by atoms with van der Waals surface area (Å²) >= 11 is 1.55. The van der Waals surface area contributed by atoms with Gasteiger partial charge in [-0.25, -0.2) is 0 Å². The summed E-state index contributed by atoms with van der Waals surface area (Å²) in [4.78, 5) is 13.7. The van der Waals surface area contributed by atoms with Gasteiger partial charge in [0.15, 0.2) is 11.5 Å². The number of ether oxygens (including phenoxy) is 2. The van der Waals surface area contributed by atoms with E-state index >= 15 is 0 Å². The molecule has 6 nitrogen and oxygen atoms in total. The summed E-state index contributed by atoms with van der Waals surface area (Å²) in [6, 6.07) is 15.1. The summed E-state index contributed by atoms with van der Waals surface area (Å²) in [5.74, 6) is 2.64. The fourth-order valence-electron chi connectivity index (χ4n) is 2.84. The molecule has 0 radical (unpaired) electrons. The van der Waals surface area contributed by atoms with Crippen LogP contribution >= 0.6 is 11.8 Å². The Hall–Kier alpha value is -2.93. The van der Waals surface area contributed by atoms with Gasteiger partial charge >= 0.3 is 0 Å². The number of carbonyl (C=O) groups excluding carboxylic acids is 1. The van der Waals surface area contributed by atoms with Crippen molar-refractivity contribution in [2.24, 2.45) is 0 Å². The van der Waals surface area contributed by atoms with E-state index in [2.05, 4.69) is 17.4 Å². The van der Waals surface area contributed by atoms with Gasteiger partial charge in [-0.2, -0.15) is 0 Å². The van der Waals surface area contributed by atoms with Gasteiger partial charge in [0.2, 0.25) is 0 Å². The zero-order valence-corrected chi connectivity index (χ0v) is 18.3. The van der Waals surface area contributed by atoms with E-state index in [-0.39, 0.29) is 5.91 Å². The lowest BCUT2D eigenvalue weighted by atomic mass is 10.1. The fourth-order valence-corrected chi connectivity index (χ4v) is 3.77. The van der Waals surface area contributed by atoms with E-state index in [0.717, 1.165) is 28.3 Å². The van der Waals surface area contributed by atoms with E-state index in [1.807, 2.05) is 55.5 Å². The van der Waals surface area contributed by atoms with E-state index in [1.165, 1.54) is 0 Å². The first-order valence-electron chi connectivity index (χ1n) is 9.82. The molecule has 158 valence electrons. The third kappa shape index (κ3) is 5.79. The second-order valence-electron chi connectivity index (χ2n) is 6.74. The summed E-state index contributed by atoms with van der Waals surface area (Å²) in [6.45, 7) is 4.97. The molecule has 0 spiro atoms. The van der Waals surface area contributed by atoms with Crippen LogP contribution in [0.1, 0.15) is 40.7 Å². The molecule has 7 heteroatoms. The van der Waals surface area contributed by atoms with Crippen LogP contribution in [0.2, 0.25) is 0 Å². The number of thioether (sulfide) groups is 1. The SMILES string of the molecule is CCCOc1ccc(CNC(=O)c2ccccc2SCc2cc(C)no2)cc1OC. The normalized spacial score (nSPS) is 10.6. The van der Waals surface area contributed by atoms with Crippen LogP contribution in [0, 0.1) is 6.92 Å². The average Bonchev–Trinajstić information content (AvgIpc) is 3.20. The molecular weight excluding hydrogens is 400 g/mol. The number of nitrogens with zero attached hydrogens (tertiary/aromatic N) is 1. The topological polar surface area (TPSA) is 73.6 Å². The van der Waals surface area contributed by atoms with E-state index < -0.39 is 0 Å². The van der Waals surface area contributed by atoms with Crippen LogP contribution in [0.5, 0.6) is 11.5 Å². The monoisotopic (exact) mass is 426 g/mol. The minimum atomic E-state index is -0.128. The molecule has 0 aliphatic heterocycles. The van der Waals surface area contributed by atoms with Crippen LogP contribution in [-0.4, -0.2) is 24.8 Å². The maximum Gasteiger partial charge on any atom is 0.252 e. The Morgan fingerprint density at radius 1 is 1.17 bits per heavy atom. The first kappa shape index (κ1) is 21.8. The number of nitrogens with one attached hydrogen (secondary N) is 1. The van der Waals surface area contributed by atoms with E-state index in [4.69, 9.17) is 14.0 Å². The molecule has 30 heavy (non-hydrogen) atoms. The van der Waals surface area contributed by atoms with Gasteiger partial charge < -0.3 is 19.3 Å². The summed E-state index contributed by atoms with van der Waals surface area (Å²) in [6.07, 6.45) is 0.925. The molecule has 0 aliphatic rings. The predicted octanol–water partition coefficient (Wildman–Crippen LogP) is 5.00. The van der Waals surface area contributed by atoms with Gasteiger partial charge in [-0.3, -0.25) is 4.79 Å². The lowest BCUT2D eigenvalue weighted by molar-refractivity contribution is 0.0948. The molecule has 3 aromatic rings. The van der Waals surface area contributed by atoms with Crippen LogP contribution in [0.4, 0.5) is 0 Å². The van der Waals surface area contributed by atoms with Crippen LogP contribution in [0.15, 0.2) is 57.9 Å². The summed E-state index contributed by atoms with van der Waals surface area (Å²) in [5.41, 5.74) is 2.41. The zero-order chi connectivity index (χ0) is 21.3. The number of benzene rings is 2. The number of amides is 1. The van der Waals surface area contributed by atoms with Gasteiger partial charge in [-0.1, -0.05) is 30.3 Å². The Bertz CT molecular complexity index is 987. The van der Waals surface area contributed by atoms with Gasteiger partial charge in [-0.15, -0.1) is 11.8 Å². The molecule has 0 atom stereocenters. The lowest BCUT2D eigenvalue weighted by Gasteiger charge is -2.13. The second-order valence-corrected chi connectivity index (χ2v) is 7.75. The molecule has 0 unspecified atom stereocenters. The van der Waals surface area contributed by atoms with Crippen molar-refractivity contribution < 1.29 is 18.8 Å². The molecule has 0 fully saturated rings. The van der Waals surface area contributed by atoms with Crippen LogP contribution in [0.25, 0.3) is 0 Å². The third-order valence-corrected chi connectivity index (χ3v) is 5.42. The van der Waals surface area contributed by atoms with Crippen molar-refractivity contribution in [2.45, 2.75) is 37.5 Å². The van der Waals surface area contributed by atoms with Crippen LogP contribution < -0.4 is 14.8 Å². The van der Waals surface area contributed by atoms with Crippen molar-refractivity contribution in [2.75, 3.05) is 13.7 Å². The number of hydrogen-bond donors (Lipinski definition) is 1. The quantitative estimate of drug-likeness (QED) is 0.460. The van der Waals surface area contributed by atoms with Crippen LogP contribution in [-0.2, 0) is 12.3 Å². The largest absolute Gasteiger partial charge is 0.493 e. The number of rotatable bonds is 10. The Kier molecular flexibility index (Phi) is 7.79. The van der Waals surface area contributed by atoms with Gasteiger partial charge in [0.1, 0.15) is 5.76 Å². The number of aromatic nitrogens is 1. The summed E-state index contributed by atoms with van der Waals surface area (Å²) in [7, 11) is 1.61. The maximum absolute atomic E-state index is 12.8.